The maximum Gasteiger partial charge on any atom is 0.239 e. The van der Waals surface area contributed by atoms with Crippen LogP contribution in [0.15, 0.2) is 45.7 Å². The molecule has 5 nitrogen and oxygen atoms in total. The van der Waals surface area contributed by atoms with Gasteiger partial charge in [-0.25, -0.2) is 0 Å². The standard InChI is InChI=1S/C12H13N3O2S/c1-3-6-15-11(16)8-18-12(15)14-13-9(2)10-5-4-7-17-10/h3-5,7H,1,6,8H2,2H3/b13-9+,14-12-. The van der Waals surface area contributed by atoms with E-state index in [-0.39, 0.29) is 5.91 Å². The number of furan rings is 1. The molecule has 0 saturated carbocycles. The molecule has 1 aliphatic heterocycles. The number of hydrogen-bond acceptors (Lipinski definition) is 5. The lowest BCUT2D eigenvalue weighted by atomic mass is 10.3. The highest BCUT2D eigenvalue weighted by Crippen LogP contribution is 2.19. The van der Waals surface area contributed by atoms with E-state index >= 15 is 0 Å². The number of amidine groups is 1. The van der Waals surface area contributed by atoms with Crippen LogP contribution in [-0.2, 0) is 4.79 Å². The minimum atomic E-state index is 0.0319. The smallest absolute Gasteiger partial charge is 0.239 e. The Balaban J connectivity index is 2.15. The highest BCUT2D eigenvalue weighted by molar-refractivity contribution is 8.15. The van der Waals surface area contributed by atoms with E-state index in [1.807, 2.05) is 13.0 Å². The van der Waals surface area contributed by atoms with Crippen molar-refractivity contribution < 1.29 is 9.21 Å². The van der Waals surface area contributed by atoms with Crippen molar-refractivity contribution in [1.82, 2.24) is 4.90 Å². The van der Waals surface area contributed by atoms with Crippen molar-refractivity contribution >= 4 is 28.5 Å². The van der Waals surface area contributed by atoms with Gasteiger partial charge in [-0.2, -0.15) is 0 Å². The highest BCUT2D eigenvalue weighted by atomic mass is 32.2. The minimum absolute atomic E-state index is 0.0319. The van der Waals surface area contributed by atoms with Crippen molar-refractivity contribution in [2.45, 2.75) is 6.92 Å². The van der Waals surface area contributed by atoms with Gasteiger partial charge < -0.3 is 4.42 Å². The summed E-state index contributed by atoms with van der Waals surface area (Å²) in [6.45, 7) is 5.89. The first-order chi connectivity index (χ1) is 8.72. The number of rotatable bonds is 4. The molecule has 0 radical (unpaired) electrons. The monoisotopic (exact) mass is 263 g/mol. The first-order valence-corrected chi connectivity index (χ1v) is 6.41. The summed E-state index contributed by atoms with van der Waals surface area (Å²) in [6.07, 6.45) is 3.25. The van der Waals surface area contributed by atoms with E-state index in [0.29, 0.717) is 28.9 Å². The van der Waals surface area contributed by atoms with Gasteiger partial charge in [-0.3, -0.25) is 9.69 Å². The third-order valence-corrected chi connectivity index (χ3v) is 3.28. The van der Waals surface area contributed by atoms with E-state index in [9.17, 15) is 4.79 Å². The molecule has 1 fully saturated rings. The van der Waals surface area contributed by atoms with E-state index in [0.717, 1.165) is 0 Å². The summed E-state index contributed by atoms with van der Waals surface area (Å²) in [5, 5.41) is 8.77. The van der Waals surface area contributed by atoms with E-state index in [4.69, 9.17) is 4.42 Å². The number of hydrogen-bond donors (Lipinski definition) is 0. The molecular formula is C12H13N3O2S. The van der Waals surface area contributed by atoms with Crippen LogP contribution in [0.2, 0.25) is 0 Å². The van der Waals surface area contributed by atoms with E-state index in [1.165, 1.54) is 11.8 Å². The molecule has 6 heteroatoms. The lowest BCUT2D eigenvalue weighted by molar-refractivity contribution is -0.123. The summed E-state index contributed by atoms with van der Waals surface area (Å²) in [6, 6.07) is 3.60. The predicted octanol–water partition coefficient (Wildman–Crippen LogP) is 2.12. The van der Waals surface area contributed by atoms with Gasteiger partial charge in [0.15, 0.2) is 5.17 Å². The molecule has 18 heavy (non-hydrogen) atoms. The summed E-state index contributed by atoms with van der Waals surface area (Å²) < 4.78 is 5.20. The summed E-state index contributed by atoms with van der Waals surface area (Å²) in [4.78, 5) is 13.1. The van der Waals surface area contributed by atoms with Crippen molar-refractivity contribution in [1.29, 1.82) is 0 Å². The topological polar surface area (TPSA) is 58.2 Å². The molecule has 0 spiro atoms. The number of thioether (sulfide) groups is 1. The second kappa shape index (κ2) is 5.68. The zero-order valence-corrected chi connectivity index (χ0v) is 10.8. The normalized spacial score (nSPS) is 18.7. The zero-order chi connectivity index (χ0) is 13.0. The van der Waals surface area contributed by atoms with Gasteiger partial charge in [0, 0.05) is 6.54 Å². The molecule has 2 heterocycles. The molecule has 0 unspecified atom stereocenters. The van der Waals surface area contributed by atoms with Crippen LogP contribution in [0.5, 0.6) is 0 Å². The van der Waals surface area contributed by atoms with Gasteiger partial charge in [-0.1, -0.05) is 17.8 Å². The first-order valence-electron chi connectivity index (χ1n) is 5.42. The number of carbonyl (C=O) groups is 1. The quantitative estimate of drug-likeness (QED) is 0.475. The largest absolute Gasteiger partial charge is 0.463 e. The van der Waals surface area contributed by atoms with Crippen LogP contribution >= 0.6 is 11.8 Å². The SMILES string of the molecule is C=CCN1C(=O)CS/C1=N\N=C(/C)c1ccco1. The predicted molar refractivity (Wildman–Crippen MR) is 72.7 cm³/mol. The third-order valence-electron chi connectivity index (χ3n) is 2.33. The fourth-order valence-electron chi connectivity index (χ4n) is 1.43. The summed E-state index contributed by atoms with van der Waals surface area (Å²) in [7, 11) is 0. The van der Waals surface area contributed by atoms with Crippen LogP contribution in [0.4, 0.5) is 0 Å². The van der Waals surface area contributed by atoms with E-state index < -0.39 is 0 Å². The Morgan fingerprint density at radius 2 is 2.56 bits per heavy atom. The molecular weight excluding hydrogens is 250 g/mol. The van der Waals surface area contributed by atoms with Gasteiger partial charge in [0.1, 0.15) is 11.5 Å². The van der Waals surface area contributed by atoms with Crippen LogP contribution in [0.1, 0.15) is 12.7 Å². The molecule has 0 bridgehead atoms. The van der Waals surface area contributed by atoms with Gasteiger partial charge in [0.25, 0.3) is 0 Å². The fourth-order valence-corrected chi connectivity index (χ4v) is 2.27. The van der Waals surface area contributed by atoms with E-state index in [1.54, 1.807) is 23.3 Å². The van der Waals surface area contributed by atoms with Gasteiger partial charge >= 0.3 is 0 Å². The Hall–Kier alpha value is -1.82. The maximum atomic E-state index is 11.6. The molecule has 1 aromatic rings. The van der Waals surface area contributed by atoms with Gasteiger partial charge in [-0.05, 0) is 19.1 Å². The second-order valence-corrected chi connectivity index (χ2v) is 4.57. The molecule has 2 rings (SSSR count). The molecule has 0 aliphatic carbocycles. The summed E-state index contributed by atoms with van der Waals surface area (Å²) >= 11 is 1.38. The van der Waals surface area contributed by atoms with Crippen molar-refractivity contribution in [2.75, 3.05) is 12.3 Å². The summed E-state index contributed by atoms with van der Waals surface area (Å²) in [5.41, 5.74) is 0.672. The fraction of sp³-hybridized carbons (Fsp3) is 0.250. The molecule has 1 amide bonds. The molecule has 0 N–H and O–H groups in total. The number of amides is 1. The van der Waals surface area contributed by atoms with Crippen molar-refractivity contribution in [2.24, 2.45) is 10.2 Å². The Morgan fingerprint density at radius 1 is 1.72 bits per heavy atom. The average molecular weight is 263 g/mol. The molecule has 0 aromatic carbocycles. The van der Waals surface area contributed by atoms with Crippen molar-refractivity contribution in [3.05, 3.63) is 36.8 Å². The van der Waals surface area contributed by atoms with Crippen molar-refractivity contribution in [3.8, 4) is 0 Å². The Labute approximate surface area is 109 Å². The lowest BCUT2D eigenvalue weighted by Gasteiger charge is -2.11. The molecule has 0 atom stereocenters. The zero-order valence-electron chi connectivity index (χ0n) is 10.00. The molecule has 1 saturated heterocycles. The maximum absolute atomic E-state index is 11.6. The van der Waals surface area contributed by atoms with Crippen LogP contribution in [0, 0.1) is 0 Å². The van der Waals surface area contributed by atoms with Crippen LogP contribution in [0.25, 0.3) is 0 Å². The summed E-state index contributed by atoms with van der Waals surface area (Å²) in [5.74, 6) is 1.11. The number of carbonyl (C=O) groups excluding carboxylic acids is 1. The third kappa shape index (κ3) is 2.70. The molecule has 94 valence electrons. The number of nitrogens with zero attached hydrogens (tertiary/aromatic N) is 3. The van der Waals surface area contributed by atoms with Crippen LogP contribution in [0.3, 0.4) is 0 Å². The molecule has 1 aromatic heterocycles. The second-order valence-electron chi connectivity index (χ2n) is 3.63. The van der Waals surface area contributed by atoms with E-state index in [2.05, 4.69) is 16.8 Å². The first kappa shape index (κ1) is 12.6. The Morgan fingerprint density at radius 3 is 3.22 bits per heavy atom. The van der Waals surface area contributed by atoms with Gasteiger partial charge in [-0.15, -0.1) is 16.8 Å². The minimum Gasteiger partial charge on any atom is -0.463 e. The molecule has 1 aliphatic rings. The van der Waals surface area contributed by atoms with Gasteiger partial charge in [0.2, 0.25) is 5.91 Å². The van der Waals surface area contributed by atoms with Crippen LogP contribution < -0.4 is 0 Å². The van der Waals surface area contributed by atoms with Crippen molar-refractivity contribution in [3.63, 3.8) is 0 Å². The lowest BCUT2D eigenvalue weighted by Crippen LogP contribution is -2.29. The Kier molecular flexibility index (Phi) is 3.99. The van der Waals surface area contributed by atoms with Crippen LogP contribution in [-0.4, -0.2) is 34.0 Å². The average Bonchev–Trinajstić information content (AvgIpc) is 2.99. The highest BCUT2D eigenvalue weighted by Gasteiger charge is 2.27. The van der Waals surface area contributed by atoms with Gasteiger partial charge in [0.05, 0.1) is 12.0 Å². The Bertz CT molecular complexity index is 505.